The fraction of sp³-hybridized carbons (Fsp3) is 0.286. The smallest absolute Gasteiger partial charge is 0.222 e. The number of halogens is 1. The van der Waals surface area contributed by atoms with Crippen molar-refractivity contribution in [1.82, 2.24) is 15.1 Å². The summed E-state index contributed by atoms with van der Waals surface area (Å²) < 4.78 is 14.5. The van der Waals surface area contributed by atoms with E-state index in [4.69, 9.17) is 0 Å². The van der Waals surface area contributed by atoms with E-state index in [1.165, 1.54) is 12.1 Å². The van der Waals surface area contributed by atoms with E-state index in [0.29, 0.717) is 13.0 Å². The molecule has 0 aliphatic rings. The second-order valence-corrected chi connectivity index (χ2v) is 4.44. The van der Waals surface area contributed by atoms with Crippen LogP contribution in [0.1, 0.15) is 24.9 Å². The van der Waals surface area contributed by atoms with Crippen molar-refractivity contribution in [3.63, 3.8) is 0 Å². The summed E-state index contributed by atoms with van der Waals surface area (Å²) in [6.07, 6.45) is 3.88. The Morgan fingerprint density at radius 3 is 2.79 bits per heavy atom. The van der Waals surface area contributed by atoms with E-state index in [9.17, 15) is 9.18 Å². The minimum absolute atomic E-state index is 0.0169. The van der Waals surface area contributed by atoms with Crippen LogP contribution in [0.25, 0.3) is 0 Å². The molecular formula is C14H16FN3O. The highest BCUT2D eigenvalue weighted by Gasteiger charge is 2.10. The van der Waals surface area contributed by atoms with E-state index in [-0.39, 0.29) is 17.8 Å². The molecule has 0 spiro atoms. The fourth-order valence-electron chi connectivity index (χ4n) is 1.78. The van der Waals surface area contributed by atoms with Crippen LogP contribution in [0.4, 0.5) is 4.39 Å². The van der Waals surface area contributed by atoms with E-state index in [1.54, 1.807) is 23.0 Å². The normalized spacial score (nSPS) is 12.1. The van der Waals surface area contributed by atoms with Crippen LogP contribution in [-0.2, 0) is 11.3 Å². The lowest BCUT2D eigenvalue weighted by atomic mass is 10.2. The summed E-state index contributed by atoms with van der Waals surface area (Å²) in [5, 5.41) is 6.90. The minimum Gasteiger partial charge on any atom is -0.352 e. The Balaban J connectivity index is 1.80. The minimum atomic E-state index is -0.276. The molecule has 5 heteroatoms. The Morgan fingerprint density at radius 1 is 1.42 bits per heavy atom. The Hall–Kier alpha value is -2.17. The first-order chi connectivity index (χ1) is 9.15. The molecule has 1 aromatic carbocycles. The molecular weight excluding hydrogens is 245 g/mol. The predicted molar refractivity (Wildman–Crippen MR) is 69.8 cm³/mol. The molecule has 0 bridgehead atoms. The van der Waals surface area contributed by atoms with Crippen LogP contribution in [0.2, 0.25) is 0 Å². The maximum atomic E-state index is 12.7. The molecule has 1 atom stereocenters. The Kier molecular flexibility index (Phi) is 4.28. The molecule has 0 radical (unpaired) electrons. The predicted octanol–water partition coefficient (Wildman–Crippen LogP) is 2.29. The monoisotopic (exact) mass is 261 g/mol. The van der Waals surface area contributed by atoms with Crippen molar-refractivity contribution in [3.05, 3.63) is 54.1 Å². The quantitative estimate of drug-likeness (QED) is 0.897. The third-order valence-electron chi connectivity index (χ3n) is 2.86. The molecule has 0 aliphatic heterocycles. The third-order valence-corrected chi connectivity index (χ3v) is 2.86. The zero-order chi connectivity index (χ0) is 13.7. The molecule has 2 aromatic rings. The highest BCUT2D eigenvalue weighted by atomic mass is 19.1. The number of hydrogen-bond donors (Lipinski definition) is 1. The van der Waals surface area contributed by atoms with E-state index in [1.807, 2.05) is 19.2 Å². The molecule has 0 saturated heterocycles. The number of nitrogens with zero attached hydrogens (tertiary/aromatic N) is 2. The Bertz CT molecular complexity index is 522. The Labute approximate surface area is 111 Å². The van der Waals surface area contributed by atoms with Crippen LogP contribution in [0.15, 0.2) is 42.7 Å². The summed E-state index contributed by atoms with van der Waals surface area (Å²) in [7, 11) is 0. The number of rotatable bonds is 5. The van der Waals surface area contributed by atoms with Crippen molar-refractivity contribution < 1.29 is 9.18 Å². The van der Waals surface area contributed by atoms with Crippen molar-refractivity contribution in [2.45, 2.75) is 25.9 Å². The van der Waals surface area contributed by atoms with Crippen LogP contribution in [0.5, 0.6) is 0 Å². The van der Waals surface area contributed by atoms with Crippen molar-refractivity contribution in [3.8, 4) is 0 Å². The maximum Gasteiger partial charge on any atom is 0.222 e. The summed E-state index contributed by atoms with van der Waals surface area (Å²) >= 11 is 0. The van der Waals surface area contributed by atoms with Gasteiger partial charge in [0.15, 0.2) is 0 Å². The molecule has 1 aromatic heterocycles. The van der Waals surface area contributed by atoms with Gasteiger partial charge in [-0.3, -0.25) is 9.48 Å². The lowest BCUT2D eigenvalue weighted by Gasteiger charge is -2.12. The highest BCUT2D eigenvalue weighted by Crippen LogP contribution is 2.08. The zero-order valence-corrected chi connectivity index (χ0v) is 10.7. The van der Waals surface area contributed by atoms with Crippen molar-refractivity contribution in [2.75, 3.05) is 0 Å². The number of aromatic nitrogens is 2. The summed E-state index contributed by atoms with van der Waals surface area (Å²) in [5.74, 6) is -0.324. The van der Waals surface area contributed by atoms with Gasteiger partial charge >= 0.3 is 0 Å². The van der Waals surface area contributed by atoms with E-state index < -0.39 is 0 Å². The van der Waals surface area contributed by atoms with Crippen LogP contribution >= 0.6 is 0 Å². The number of amides is 1. The first-order valence-corrected chi connectivity index (χ1v) is 6.15. The average molecular weight is 261 g/mol. The molecule has 0 fully saturated rings. The van der Waals surface area contributed by atoms with Crippen molar-refractivity contribution in [2.24, 2.45) is 0 Å². The molecule has 2 rings (SSSR count). The van der Waals surface area contributed by atoms with Gasteiger partial charge in [0, 0.05) is 25.4 Å². The second-order valence-electron chi connectivity index (χ2n) is 4.44. The van der Waals surface area contributed by atoms with Gasteiger partial charge in [-0.25, -0.2) is 4.39 Å². The molecule has 19 heavy (non-hydrogen) atoms. The fourth-order valence-corrected chi connectivity index (χ4v) is 1.78. The van der Waals surface area contributed by atoms with Gasteiger partial charge in [0.25, 0.3) is 0 Å². The van der Waals surface area contributed by atoms with Crippen LogP contribution in [-0.4, -0.2) is 15.7 Å². The van der Waals surface area contributed by atoms with E-state index in [2.05, 4.69) is 10.4 Å². The molecule has 1 unspecified atom stereocenters. The van der Waals surface area contributed by atoms with Crippen molar-refractivity contribution >= 4 is 5.91 Å². The van der Waals surface area contributed by atoms with Crippen LogP contribution in [0.3, 0.4) is 0 Å². The topological polar surface area (TPSA) is 46.9 Å². The van der Waals surface area contributed by atoms with Gasteiger partial charge in [-0.05, 0) is 30.7 Å². The number of carbonyl (C=O) groups excluding carboxylic acids is 1. The van der Waals surface area contributed by atoms with Crippen molar-refractivity contribution in [1.29, 1.82) is 0 Å². The average Bonchev–Trinajstić information content (AvgIpc) is 2.92. The molecule has 1 amide bonds. The SMILES string of the molecule is CC(CC(=O)NCc1ccc(F)cc1)n1cccn1. The van der Waals surface area contributed by atoms with Gasteiger partial charge in [-0.15, -0.1) is 0 Å². The Morgan fingerprint density at radius 2 is 2.16 bits per heavy atom. The summed E-state index contributed by atoms with van der Waals surface area (Å²) in [6, 6.07) is 7.93. The molecule has 1 N–H and O–H groups in total. The molecule has 1 heterocycles. The van der Waals surface area contributed by atoms with Gasteiger partial charge in [0.1, 0.15) is 5.82 Å². The molecule has 0 saturated carbocycles. The van der Waals surface area contributed by atoms with E-state index in [0.717, 1.165) is 5.56 Å². The first-order valence-electron chi connectivity index (χ1n) is 6.15. The maximum absolute atomic E-state index is 12.7. The summed E-state index contributed by atoms with van der Waals surface area (Å²) in [4.78, 5) is 11.8. The van der Waals surface area contributed by atoms with Crippen LogP contribution in [0, 0.1) is 5.82 Å². The number of carbonyl (C=O) groups is 1. The molecule has 0 aliphatic carbocycles. The zero-order valence-electron chi connectivity index (χ0n) is 10.7. The first kappa shape index (κ1) is 13.3. The number of benzene rings is 1. The molecule has 4 nitrogen and oxygen atoms in total. The lowest BCUT2D eigenvalue weighted by Crippen LogP contribution is -2.25. The lowest BCUT2D eigenvalue weighted by molar-refractivity contribution is -0.122. The van der Waals surface area contributed by atoms with Gasteiger partial charge in [-0.2, -0.15) is 5.10 Å². The summed E-state index contributed by atoms with van der Waals surface area (Å²) in [6.45, 7) is 2.34. The van der Waals surface area contributed by atoms with Gasteiger partial charge in [-0.1, -0.05) is 12.1 Å². The van der Waals surface area contributed by atoms with Crippen LogP contribution < -0.4 is 5.32 Å². The highest BCUT2D eigenvalue weighted by molar-refractivity contribution is 5.76. The van der Waals surface area contributed by atoms with E-state index >= 15 is 0 Å². The number of nitrogens with one attached hydrogen (secondary N) is 1. The van der Waals surface area contributed by atoms with Gasteiger partial charge in [0.05, 0.1) is 6.04 Å². The second kappa shape index (κ2) is 6.13. The standard InChI is InChI=1S/C14H16FN3O/c1-11(18-8-2-7-17-18)9-14(19)16-10-12-3-5-13(15)6-4-12/h2-8,11H,9-10H2,1H3,(H,16,19). The number of hydrogen-bond acceptors (Lipinski definition) is 2. The summed E-state index contributed by atoms with van der Waals surface area (Å²) in [5.41, 5.74) is 0.876. The third kappa shape index (κ3) is 3.91. The van der Waals surface area contributed by atoms with Gasteiger partial charge in [0.2, 0.25) is 5.91 Å². The van der Waals surface area contributed by atoms with Gasteiger partial charge < -0.3 is 5.32 Å². The molecule has 100 valence electrons. The largest absolute Gasteiger partial charge is 0.352 e.